The van der Waals surface area contributed by atoms with Crippen LogP contribution in [0.3, 0.4) is 0 Å². The normalized spacial score (nSPS) is 11.9. The molecule has 1 amide bonds. The second-order valence-corrected chi connectivity index (χ2v) is 15.5. The Kier molecular flexibility index (Phi) is 13.3. The Morgan fingerprint density at radius 2 is 1.52 bits per heavy atom. The van der Waals surface area contributed by atoms with Crippen molar-refractivity contribution in [3.8, 4) is 11.3 Å². The quantitative estimate of drug-likeness (QED) is 0.0921. The van der Waals surface area contributed by atoms with E-state index in [9.17, 15) is 13.2 Å². The summed E-state index contributed by atoms with van der Waals surface area (Å²) in [5.74, 6) is 0.947. The van der Waals surface area contributed by atoms with Crippen LogP contribution in [0, 0.1) is 0 Å². The van der Waals surface area contributed by atoms with Gasteiger partial charge < -0.3 is 15.2 Å². The molecule has 0 fully saturated rings. The van der Waals surface area contributed by atoms with Crippen molar-refractivity contribution < 1.29 is 13.2 Å². The molecule has 3 aromatic carbocycles. The second-order valence-electron chi connectivity index (χ2n) is 13.7. The van der Waals surface area contributed by atoms with E-state index in [-0.39, 0.29) is 5.91 Å². The molecule has 0 radical (unpaired) electrons. The molecule has 0 unspecified atom stereocenters. The van der Waals surface area contributed by atoms with Crippen LogP contribution in [0.15, 0.2) is 60.7 Å². The maximum Gasteiger partial charge on any atom is 0.253 e. The van der Waals surface area contributed by atoms with Gasteiger partial charge in [0.25, 0.3) is 5.91 Å². The number of aromatic amines is 1. The van der Waals surface area contributed by atoms with Crippen LogP contribution >= 0.6 is 0 Å². The molecule has 0 bridgehead atoms. The standard InChI is InChI=1S/C40H56N4O3S/c1-8-10-23-44(9-2)40(45)31-16-19-38-37(27-31)36(39(42-38)34-25-32(28(3)4)24-33(26-34)29(5)6)20-22-41-21-12-11-13-30-14-17-35(18-15-30)43-48(7,46)47/h14-19,24-29,41-43H,8-13,20-23H2,1-7H3. The molecule has 0 aliphatic rings. The van der Waals surface area contributed by atoms with Gasteiger partial charge in [0.1, 0.15) is 0 Å². The number of benzene rings is 3. The van der Waals surface area contributed by atoms with Gasteiger partial charge in [-0.05, 0) is 134 Å². The minimum Gasteiger partial charge on any atom is -0.354 e. The average Bonchev–Trinajstić information content (AvgIpc) is 3.42. The molecule has 0 aliphatic carbocycles. The van der Waals surface area contributed by atoms with E-state index in [1.54, 1.807) is 0 Å². The van der Waals surface area contributed by atoms with Gasteiger partial charge in [0.15, 0.2) is 0 Å². The number of aromatic nitrogens is 1. The van der Waals surface area contributed by atoms with Crippen LogP contribution in [-0.4, -0.2) is 56.6 Å². The summed E-state index contributed by atoms with van der Waals surface area (Å²) in [5, 5.41) is 4.79. The lowest BCUT2D eigenvalue weighted by atomic mass is 9.91. The van der Waals surface area contributed by atoms with Crippen LogP contribution in [0.1, 0.15) is 112 Å². The molecule has 3 N–H and O–H groups in total. The van der Waals surface area contributed by atoms with E-state index in [1.165, 1.54) is 27.8 Å². The number of nitrogens with zero attached hydrogens (tertiary/aromatic N) is 1. The summed E-state index contributed by atoms with van der Waals surface area (Å²) in [6.45, 7) is 16.5. The highest BCUT2D eigenvalue weighted by Crippen LogP contribution is 2.35. The molecule has 0 saturated carbocycles. The third-order valence-corrected chi connectivity index (χ3v) is 9.69. The van der Waals surface area contributed by atoms with Crippen LogP contribution in [0.4, 0.5) is 5.69 Å². The highest BCUT2D eigenvalue weighted by atomic mass is 32.2. The molecule has 1 aromatic heterocycles. The number of carbonyl (C=O) groups is 1. The fraction of sp³-hybridized carbons (Fsp3) is 0.475. The van der Waals surface area contributed by atoms with E-state index in [4.69, 9.17) is 0 Å². The van der Waals surface area contributed by atoms with Crippen molar-refractivity contribution in [1.82, 2.24) is 15.2 Å². The first-order valence-electron chi connectivity index (χ1n) is 17.8. The van der Waals surface area contributed by atoms with Crippen molar-refractivity contribution in [2.45, 2.75) is 91.9 Å². The second kappa shape index (κ2) is 17.2. The topological polar surface area (TPSA) is 94.3 Å². The third kappa shape index (κ3) is 10.2. The van der Waals surface area contributed by atoms with Crippen molar-refractivity contribution in [3.05, 3.63) is 88.5 Å². The fourth-order valence-corrected chi connectivity index (χ4v) is 6.74. The summed E-state index contributed by atoms with van der Waals surface area (Å²) < 4.78 is 25.4. The van der Waals surface area contributed by atoms with Gasteiger partial charge >= 0.3 is 0 Å². The first kappa shape index (κ1) is 37.2. The Labute approximate surface area is 289 Å². The number of amides is 1. The Hall–Kier alpha value is -3.62. The number of rotatable bonds is 18. The zero-order chi connectivity index (χ0) is 34.8. The maximum absolute atomic E-state index is 13.6. The number of sulfonamides is 1. The van der Waals surface area contributed by atoms with Gasteiger partial charge in [-0.15, -0.1) is 0 Å². The summed E-state index contributed by atoms with van der Waals surface area (Å²) in [6.07, 6.45) is 7.11. The number of anilines is 1. The maximum atomic E-state index is 13.6. The molecule has 0 atom stereocenters. The lowest BCUT2D eigenvalue weighted by molar-refractivity contribution is 0.0762. The van der Waals surface area contributed by atoms with Gasteiger partial charge in [-0.25, -0.2) is 8.42 Å². The summed E-state index contributed by atoms with van der Waals surface area (Å²) in [7, 11) is -3.27. The van der Waals surface area contributed by atoms with Crippen LogP contribution in [0.2, 0.25) is 0 Å². The Bertz CT molecular complexity index is 1730. The Balaban J connectivity index is 1.51. The first-order chi connectivity index (χ1) is 22.9. The molecule has 48 heavy (non-hydrogen) atoms. The number of H-pyrrole nitrogens is 1. The fourth-order valence-electron chi connectivity index (χ4n) is 6.18. The summed E-state index contributed by atoms with van der Waals surface area (Å²) >= 11 is 0. The van der Waals surface area contributed by atoms with E-state index in [0.717, 1.165) is 86.6 Å². The van der Waals surface area contributed by atoms with E-state index >= 15 is 0 Å². The smallest absolute Gasteiger partial charge is 0.253 e. The summed E-state index contributed by atoms with van der Waals surface area (Å²) in [4.78, 5) is 19.3. The molecule has 260 valence electrons. The van der Waals surface area contributed by atoms with Crippen LogP contribution in [0.25, 0.3) is 22.2 Å². The predicted molar refractivity (Wildman–Crippen MR) is 203 cm³/mol. The highest BCUT2D eigenvalue weighted by Gasteiger charge is 2.19. The molecule has 4 rings (SSSR count). The lowest BCUT2D eigenvalue weighted by Crippen LogP contribution is -2.31. The zero-order valence-corrected chi connectivity index (χ0v) is 30.9. The molecular formula is C40H56N4O3S. The van der Waals surface area contributed by atoms with Crippen LogP contribution < -0.4 is 10.0 Å². The summed E-state index contributed by atoms with van der Waals surface area (Å²) in [5.41, 5.74) is 9.88. The average molecular weight is 673 g/mol. The van der Waals surface area contributed by atoms with Gasteiger partial charge in [0.05, 0.1) is 6.26 Å². The zero-order valence-electron chi connectivity index (χ0n) is 30.1. The number of hydrogen-bond donors (Lipinski definition) is 3. The number of unbranched alkanes of at least 4 members (excludes halogenated alkanes) is 2. The van der Waals surface area contributed by atoms with Gasteiger partial charge in [0, 0.05) is 40.9 Å². The molecule has 0 aliphatic heterocycles. The van der Waals surface area contributed by atoms with E-state index in [2.05, 4.69) is 86.9 Å². The number of aryl methyl sites for hydroxylation is 1. The molecule has 8 heteroatoms. The Morgan fingerprint density at radius 1 is 0.833 bits per heavy atom. The number of carbonyl (C=O) groups excluding carboxylic acids is 1. The minimum absolute atomic E-state index is 0.102. The van der Waals surface area contributed by atoms with Crippen molar-refractivity contribution in [3.63, 3.8) is 0 Å². The molecular weight excluding hydrogens is 617 g/mol. The van der Waals surface area contributed by atoms with Crippen molar-refractivity contribution in [2.24, 2.45) is 0 Å². The molecule has 7 nitrogen and oxygen atoms in total. The monoisotopic (exact) mass is 672 g/mol. The van der Waals surface area contributed by atoms with Gasteiger partial charge in [-0.1, -0.05) is 59.2 Å². The predicted octanol–water partition coefficient (Wildman–Crippen LogP) is 8.87. The van der Waals surface area contributed by atoms with E-state index in [0.29, 0.717) is 24.1 Å². The highest BCUT2D eigenvalue weighted by molar-refractivity contribution is 7.92. The molecule has 1 heterocycles. The van der Waals surface area contributed by atoms with Crippen LogP contribution in [0.5, 0.6) is 0 Å². The lowest BCUT2D eigenvalue weighted by Gasteiger charge is -2.20. The number of hydrogen-bond acceptors (Lipinski definition) is 4. The number of nitrogens with one attached hydrogen (secondary N) is 3. The SMILES string of the molecule is CCCCN(CC)C(=O)c1ccc2[nH]c(-c3cc(C(C)C)cc(C(C)C)c3)c(CCNCCCCc3ccc(NS(C)(=O)=O)cc3)c2c1. The van der Waals surface area contributed by atoms with Gasteiger partial charge in [-0.3, -0.25) is 9.52 Å². The largest absolute Gasteiger partial charge is 0.354 e. The Morgan fingerprint density at radius 3 is 2.12 bits per heavy atom. The summed E-state index contributed by atoms with van der Waals surface area (Å²) in [6, 6.07) is 20.8. The van der Waals surface area contributed by atoms with Crippen molar-refractivity contribution in [1.29, 1.82) is 0 Å². The van der Waals surface area contributed by atoms with Crippen molar-refractivity contribution in [2.75, 3.05) is 37.2 Å². The van der Waals surface area contributed by atoms with Gasteiger partial charge in [0.2, 0.25) is 10.0 Å². The minimum atomic E-state index is -3.27. The molecule has 0 saturated heterocycles. The van der Waals surface area contributed by atoms with E-state index < -0.39 is 10.0 Å². The number of fused-ring (bicyclic) bond motifs is 1. The first-order valence-corrected chi connectivity index (χ1v) is 19.7. The third-order valence-electron chi connectivity index (χ3n) is 9.08. The van der Waals surface area contributed by atoms with Gasteiger partial charge in [-0.2, -0.15) is 0 Å². The van der Waals surface area contributed by atoms with Crippen LogP contribution in [-0.2, 0) is 22.9 Å². The molecule has 0 spiro atoms. The molecule has 4 aromatic rings. The van der Waals surface area contributed by atoms with Crippen molar-refractivity contribution >= 4 is 32.5 Å². The van der Waals surface area contributed by atoms with E-state index in [1.807, 2.05) is 35.2 Å².